The molecule has 0 heterocycles. The third-order valence-electron chi connectivity index (χ3n) is 7.85. The molecule has 0 aromatic rings. The summed E-state index contributed by atoms with van der Waals surface area (Å²) in [4.78, 5) is 60.9. The molecule has 15 heteroatoms. The molecule has 0 aliphatic heterocycles. The lowest BCUT2D eigenvalue weighted by molar-refractivity contribution is -0.138. The van der Waals surface area contributed by atoms with Crippen molar-refractivity contribution in [3.8, 4) is 0 Å². The van der Waals surface area contributed by atoms with Gasteiger partial charge in [0.05, 0.1) is 19.8 Å². The molecule has 0 fully saturated rings. The largest absolute Gasteiger partial charge is 0.481 e. The summed E-state index contributed by atoms with van der Waals surface area (Å²) in [7, 11) is 0. The zero-order chi connectivity index (χ0) is 39.8. The van der Waals surface area contributed by atoms with E-state index in [1.54, 1.807) is 0 Å². The first-order valence-corrected chi connectivity index (χ1v) is 18.3. The van der Waals surface area contributed by atoms with E-state index in [9.17, 15) is 28.8 Å². The summed E-state index contributed by atoms with van der Waals surface area (Å²) in [5.41, 5.74) is -0.667. The average molecular weight is 741 g/mol. The van der Waals surface area contributed by atoms with Gasteiger partial charge in [-0.25, -0.2) is 0 Å². The normalized spacial score (nSPS) is 10.4. The maximum absolute atomic E-state index is 10.1. The monoisotopic (exact) mass is 740 g/mol. The van der Waals surface area contributed by atoms with Gasteiger partial charge < -0.3 is 46.0 Å². The summed E-state index contributed by atoms with van der Waals surface area (Å²) >= 11 is 0. The SMILES string of the molecule is CCC(CO)(CO)CO.O=C(O)CCCCCCCCC(=O)O.O=C(O)CCCCCCCCC(=O)O.O=C(O)CCCCCCCCC(=O)O. The lowest BCUT2D eigenvalue weighted by Gasteiger charge is -2.24. The van der Waals surface area contributed by atoms with Crippen LogP contribution in [0.2, 0.25) is 0 Å². The van der Waals surface area contributed by atoms with E-state index < -0.39 is 41.2 Å². The molecule has 0 aliphatic rings. The molecule has 0 aromatic carbocycles. The van der Waals surface area contributed by atoms with E-state index in [1.165, 1.54) is 0 Å². The first kappa shape index (κ1) is 54.5. The van der Waals surface area contributed by atoms with Gasteiger partial charge in [-0.05, 0) is 44.9 Å². The zero-order valence-corrected chi connectivity index (χ0v) is 30.8. The van der Waals surface area contributed by atoms with Gasteiger partial charge in [0.1, 0.15) is 0 Å². The number of unbranched alkanes of at least 4 members (excludes halogenated alkanes) is 15. The fourth-order valence-electron chi connectivity index (χ4n) is 4.26. The minimum atomic E-state index is -0.740. The van der Waals surface area contributed by atoms with Crippen LogP contribution in [0.5, 0.6) is 0 Å². The van der Waals surface area contributed by atoms with Crippen LogP contribution in [0, 0.1) is 5.41 Å². The second-order valence-electron chi connectivity index (χ2n) is 12.6. The van der Waals surface area contributed by atoms with Crippen molar-refractivity contribution in [2.45, 2.75) is 167 Å². The third kappa shape index (κ3) is 53.7. The van der Waals surface area contributed by atoms with Crippen LogP contribution >= 0.6 is 0 Å². The van der Waals surface area contributed by atoms with E-state index in [2.05, 4.69) is 0 Å². The smallest absolute Gasteiger partial charge is 0.303 e. The number of hydrogen-bond donors (Lipinski definition) is 9. The van der Waals surface area contributed by atoms with Crippen LogP contribution in [0.1, 0.15) is 167 Å². The number of carbonyl (C=O) groups is 6. The van der Waals surface area contributed by atoms with Crippen LogP contribution in [0.3, 0.4) is 0 Å². The Labute approximate surface area is 303 Å². The first-order chi connectivity index (χ1) is 24.1. The lowest BCUT2D eigenvalue weighted by Crippen LogP contribution is -2.32. The van der Waals surface area contributed by atoms with Gasteiger partial charge in [-0.1, -0.05) is 84.0 Å². The van der Waals surface area contributed by atoms with Crippen molar-refractivity contribution >= 4 is 35.8 Å². The van der Waals surface area contributed by atoms with Crippen LogP contribution in [-0.4, -0.2) is 102 Å². The molecule has 0 spiro atoms. The van der Waals surface area contributed by atoms with E-state index in [0.29, 0.717) is 6.42 Å². The fourth-order valence-corrected chi connectivity index (χ4v) is 4.26. The molecule has 9 N–H and O–H groups in total. The number of carboxylic acids is 6. The molecule has 0 amide bonds. The van der Waals surface area contributed by atoms with E-state index in [-0.39, 0.29) is 58.3 Å². The second-order valence-corrected chi connectivity index (χ2v) is 12.6. The molecule has 0 saturated heterocycles. The predicted octanol–water partition coefficient (Wildman–Crippen LogP) is 6.19. The van der Waals surface area contributed by atoms with Crippen molar-refractivity contribution < 1.29 is 74.7 Å². The summed E-state index contributed by atoms with van der Waals surface area (Å²) in [6.45, 7) is 1.35. The number of carboxylic acid groups (broad SMARTS) is 6. The third-order valence-corrected chi connectivity index (χ3v) is 7.85. The van der Waals surface area contributed by atoms with E-state index >= 15 is 0 Å². The first-order valence-electron chi connectivity index (χ1n) is 18.3. The number of aliphatic hydroxyl groups is 3. The number of aliphatic hydroxyl groups excluding tert-OH is 3. The second kappa shape index (κ2) is 41.1. The fraction of sp³-hybridized carbons (Fsp3) is 0.833. The minimum Gasteiger partial charge on any atom is -0.481 e. The molecule has 0 rings (SSSR count). The Morgan fingerprint density at radius 2 is 0.451 bits per heavy atom. The highest BCUT2D eigenvalue weighted by Crippen LogP contribution is 2.18. The summed E-state index contributed by atoms with van der Waals surface area (Å²) in [5, 5.41) is 76.1. The van der Waals surface area contributed by atoms with Crippen molar-refractivity contribution in [3.05, 3.63) is 0 Å². The maximum Gasteiger partial charge on any atom is 0.303 e. The van der Waals surface area contributed by atoms with Crippen LogP contribution < -0.4 is 0 Å². The van der Waals surface area contributed by atoms with Crippen LogP contribution in [0.15, 0.2) is 0 Å². The van der Waals surface area contributed by atoms with Gasteiger partial charge in [0.25, 0.3) is 0 Å². The maximum atomic E-state index is 10.1. The summed E-state index contributed by atoms with van der Waals surface area (Å²) < 4.78 is 0. The molecule has 302 valence electrons. The molecule has 0 aliphatic carbocycles. The van der Waals surface area contributed by atoms with E-state index in [0.717, 1.165) is 116 Å². The van der Waals surface area contributed by atoms with Crippen LogP contribution in [-0.2, 0) is 28.8 Å². The molecule has 0 atom stereocenters. The highest BCUT2D eigenvalue weighted by molar-refractivity contribution is 5.68. The number of hydrogen-bond acceptors (Lipinski definition) is 9. The Kier molecular flexibility index (Phi) is 43.9. The summed E-state index contributed by atoms with van der Waals surface area (Å²) in [6.07, 6.45) is 18.1. The lowest BCUT2D eigenvalue weighted by atomic mass is 9.88. The van der Waals surface area contributed by atoms with Gasteiger partial charge in [-0.3, -0.25) is 28.8 Å². The van der Waals surface area contributed by atoms with Crippen molar-refractivity contribution in [3.63, 3.8) is 0 Å². The minimum absolute atomic E-state index is 0.156. The van der Waals surface area contributed by atoms with Gasteiger partial charge in [-0.15, -0.1) is 0 Å². The molecule has 0 unspecified atom stereocenters. The quantitative estimate of drug-likeness (QED) is 0.0358. The topological polar surface area (TPSA) is 284 Å². The summed E-state index contributed by atoms with van der Waals surface area (Å²) in [5.74, 6) is -4.44. The molecule has 15 nitrogen and oxygen atoms in total. The van der Waals surface area contributed by atoms with Crippen LogP contribution in [0.25, 0.3) is 0 Å². The molecule has 0 saturated carbocycles. The van der Waals surface area contributed by atoms with Gasteiger partial charge in [0, 0.05) is 43.9 Å². The Balaban J connectivity index is -0.000000292. The highest BCUT2D eigenvalue weighted by Gasteiger charge is 2.24. The van der Waals surface area contributed by atoms with Crippen molar-refractivity contribution in [2.75, 3.05) is 19.8 Å². The number of rotatable bonds is 31. The summed E-state index contributed by atoms with van der Waals surface area (Å²) in [6, 6.07) is 0. The number of aliphatic carboxylic acids is 6. The van der Waals surface area contributed by atoms with Gasteiger partial charge in [-0.2, -0.15) is 0 Å². The van der Waals surface area contributed by atoms with Crippen LogP contribution in [0.4, 0.5) is 0 Å². The Morgan fingerprint density at radius 3 is 0.529 bits per heavy atom. The highest BCUT2D eigenvalue weighted by atomic mass is 16.4. The molecule has 0 bridgehead atoms. The standard InChI is InChI=1S/3C10H18O4.C6H14O3/c3*11-9(12)7-5-3-1-2-4-6-8-10(13)14;1-2-6(3-7,4-8)5-9/h3*1-8H2,(H,11,12)(H,13,14);7-9H,2-5H2,1H3. The molecule has 51 heavy (non-hydrogen) atoms. The molecule has 0 radical (unpaired) electrons. The van der Waals surface area contributed by atoms with Gasteiger partial charge in [0.2, 0.25) is 0 Å². The van der Waals surface area contributed by atoms with Gasteiger partial charge in [0.15, 0.2) is 0 Å². The van der Waals surface area contributed by atoms with Crippen molar-refractivity contribution in [2.24, 2.45) is 5.41 Å². The predicted molar refractivity (Wildman–Crippen MR) is 191 cm³/mol. The van der Waals surface area contributed by atoms with Crippen molar-refractivity contribution in [1.82, 2.24) is 0 Å². The molecule has 0 aromatic heterocycles. The molecular formula is C36H68O15. The van der Waals surface area contributed by atoms with E-state index in [4.69, 9.17) is 46.0 Å². The van der Waals surface area contributed by atoms with E-state index in [1.807, 2.05) is 6.92 Å². The average Bonchev–Trinajstić information content (AvgIpc) is 3.06. The van der Waals surface area contributed by atoms with Crippen molar-refractivity contribution in [1.29, 1.82) is 0 Å². The van der Waals surface area contributed by atoms with Gasteiger partial charge >= 0.3 is 35.8 Å². The zero-order valence-electron chi connectivity index (χ0n) is 30.8. The Bertz CT molecular complexity index is 700. The Hall–Kier alpha value is -3.30. The Morgan fingerprint density at radius 1 is 0.314 bits per heavy atom. The molecular weight excluding hydrogens is 672 g/mol.